The zero-order valence-corrected chi connectivity index (χ0v) is 14.0. The summed E-state index contributed by atoms with van der Waals surface area (Å²) in [6.45, 7) is -0.136. The monoisotopic (exact) mass is 384 g/mol. The average Bonchev–Trinajstić information content (AvgIpc) is 2.82. The third kappa shape index (κ3) is 3.24. The summed E-state index contributed by atoms with van der Waals surface area (Å²) >= 11 is 5.59. The number of hydrogen-bond donors (Lipinski definition) is 0. The van der Waals surface area contributed by atoms with Gasteiger partial charge in [0.15, 0.2) is 0 Å². The number of fused-ring (bicyclic) bond motifs is 1. The van der Waals surface area contributed by atoms with E-state index in [2.05, 4.69) is 0 Å². The van der Waals surface area contributed by atoms with E-state index in [-0.39, 0.29) is 30.6 Å². The van der Waals surface area contributed by atoms with E-state index in [4.69, 9.17) is 11.6 Å². The fraction of sp³-hybridized carbons (Fsp3) is 0.235. The summed E-state index contributed by atoms with van der Waals surface area (Å²) in [7, 11) is 0. The van der Waals surface area contributed by atoms with Crippen molar-refractivity contribution in [2.45, 2.75) is 19.1 Å². The van der Waals surface area contributed by atoms with E-state index >= 15 is 0 Å². The number of carbonyl (C=O) groups is 2. The Morgan fingerprint density at radius 3 is 2.08 bits per heavy atom. The number of rotatable bonds is 4. The number of hydrogen-bond acceptors (Lipinski definition) is 3. The summed E-state index contributed by atoms with van der Waals surface area (Å²) in [6.07, 6.45) is -3.85. The molecule has 1 aromatic carbocycles. The van der Waals surface area contributed by atoms with Gasteiger partial charge in [-0.2, -0.15) is 13.2 Å². The number of halogens is 4. The summed E-state index contributed by atoms with van der Waals surface area (Å²) in [5.41, 5.74) is -1.22. The SMILES string of the molecule is O=C1c2ccccc2C(=O)N1CCCn1cc(C(F)(F)F)cc(Cl)c1=O. The zero-order valence-electron chi connectivity index (χ0n) is 13.2. The molecular weight excluding hydrogens is 373 g/mol. The van der Waals surface area contributed by atoms with E-state index in [0.29, 0.717) is 12.3 Å². The lowest BCUT2D eigenvalue weighted by molar-refractivity contribution is -0.138. The molecule has 5 nitrogen and oxygen atoms in total. The standard InChI is InChI=1S/C17H12ClF3N2O3/c18-13-8-10(17(19,20)21)9-22(16(13)26)6-3-7-23-14(24)11-4-1-2-5-12(11)15(23)25/h1-2,4-5,8-9H,3,6-7H2. The van der Waals surface area contributed by atoms with Gasteiger partial charge in [0.25, 0.3) is 17.4 Å². The Labute approximate surface area is 150 Å². The van der Waals surface area contributed by atoms with Crippen LogP contribution < -0.4 is 5.56 Å². The van der Waals surface area contributed by atoms with Gasteiger partial charge in [-0.15, -0.1) is 0 Å². The number of carbonyl (C=O) groups excluding carboxylic acids is 2. The lowest BCUT2D eigenvalue weighted by atomic mass is 10.1. The molecule has 0 aliphatic carbocycles. The molecule has 0 atom stereocenters. The molecule has 9 heteroatoms. The fourth-order valence-corrected chi connectivity index (χ4v) is 2.99. The summed E-state index contributed by atoms with van der Waals surface area (Å²) < 4.78 is 39.3. The largest absolute Gasteiger partial charge is 0.417 e. The molecule has 1 aliphatic heterocycles. The van der Waals surface area contributed by atoms with Gasteiger partial charge in [0.05, 0.1) is 16.7 Å². The molecule has 2 heterocycles. The van der Waals surface area contributed by atoms with Gasteiger partial charge in [-0.25, -0.2) is 0 Å². The highest BCUT2D eigenvalue weighted by Crippen LogP contribution is 2.29. The van der Waals surface area contributed by atoms with Crippen LogP contribution in [0.5, 0.6) is 0 Å². The minimum absolute atomic E-state index is 0.0212. The Balaban J connectivity index is 1.74. The van der Waals surface area contributed by atoms with Crippen molar-refractivity contribution in [3.8, 4) is 0 Å². The third-order valence-corrected chi connectivity index (χ3v) is 4.30. The van der Waals surface area contributed by atoms with Crippen molar-refractivity contribution in [3.63, 3.8) is 0 Å². The zero-order chi connectivity index (χ0) is 19.1. The van der Waals surface area contributed by atoms with Crippen molar-refractivity contribution in [1.29, 1.82) is 0 Å². The van der Waals surface area contributed by atoms with Crippen LogP contribution in [0.15, 0.2) is 41.3 Å². The Morgan fingerprint density at radius 2 is 1.54 bits per heavy atom. The van der Waals surface area contributed by atoms with Crippen molar-refractivity contribution in [2.75, 3.05) is 6.54 Å². The molecule has 26 heavy (non-hydrogen) atoms. The van der Waals surface area contributed by atoms with Crippen molar-refractivity contribution in [3.05, 3.63) is 68.6 Å². The quantitative estimate of drug-likeness (QED) is 0.761. The van der Waals surface area contributed by atoms with Crippen LogP contribution >= 0.6 is 11.6 Å². The number of amides is 2. The number of pyridine rings is 1. The van der Waals surface area contributed by atoms with Crippen molar-refractivity contribution in [1.82, 2.24) is 9.47 Å². The lowest BCUT2D eigenvalue weighted by Crippen LogP contribution is -2.32. The number of aryl methyl sites for hydroxylation is 1. The van der Waals surface area contributed by atoms with Crippen LogP contribution in [0.2, 0.25) is 5.02 Å². The van der Waals surface area contributed by atoms with Gasteiger partial charge in [0, 0.05) is 19.3 Å². The first-order valence-electron chi connectivity index (χ1n) is 7.62. The molecule has 0 fully saturated rings. The number of alkyl halides is 3. The second-order valence-corrected chi connectivity index (χ2v) is 6.14. The third-order valence-electron chi connectivity index (χ3n) is 4.03. The Morgan fingerprint density at radius 1 is 0.962 bits per heavy atom. The molecule has 1 aliphatic rings. The molecule has 136 valence electrons. The molecule has 2 aromatic rings. The van der Waals surface area contributed by atoms with E-state index in [1.54, 1.807) is 12.1 Å². The van der Waals surface area contributed by atoms with Crippen molar-refractivity contribution in [2.24, 2.45) is 0 Å². The van der Waals surface area contributed by atoms with Crippen LogP contribution in [0, 0.1) is 0 Å². The van der Waals surface area contributed by atoms with E-state index in [1.165, 1.54) is 12.1 Å². The highest BCUT2D eigenvalue weighted by atomic mass is 35.5. The molecule has 0 N–H and O–H groups in total. The summed E-state index contributed by atoms with van der Waals surface area (Å²) in [5, 5.41) is -0.541. The van der Waals surface area contributed by atoms with Crippen LogP contribution in [0.3, 0.4) is 0 Å². The lowest BCUT2D eigenvalue weighted by Gasteiger charge is -2.15. The van der Waals surface area contributed by atoms with E-state index < -0.39 is 34.1 Å². The molecule has 0 saturated heterocycles. The Bertz CT molecular complexity index is 918. The highest BCUT2D eigenvalue weighted by Gasteiger charge is 2.35. The number of nitrogens with zero attached hydrogens (tertiary/aromatic N) is 2. The van der Waals surface area contributed by atoms with Gasteiger partial charge >= 0.3 is 6.18 Å². The predicted molar refractivity (Wildman–Crippen MR) is 87.1 cm³/mol. The molecule has 2 amide bonds. The smallest absolute Gasteiger partial charge is 0.314 e. The van der Waals surface area contributed by atoms with Gasteiger partial charge in [-0.05, 0) is 24.6 Å². The summed E-state index contributed by atoms with van der Waals surface area (Å²) in [6, 6.07) is 6.92. The molecule has 1 aromatic heterocycles. The number of imide groups is 1. The van der Waals surface area contributed by atoms with Crippen molar-refractivity contribution >= 4 is 23.4 Å². The van der Waals surface area contributed by atoms with Crippen LogP contribution in [0.25, 0.3) is 0 Å². The van der Waals surface area contributed by atoms with Crippen LogP contribution in [-0.2, 0) is 12.7 Å². The van der Waals surface area contributed by atoms with Gasteiger partial charge in [-0.1, -0.05) is 23.7 Å². The van der Waals surface area contributed by atoms with E-state index in [0.717, 1.165) is 9.47 Å². The first kappa shape index (κ1) is 18.2. The summed E-state index contributed by atoms with van der Waals surface area (Å²) in [4.78, 5) is 37.4. The first-order valence-corrected chi connectivity index (χ1v) is 8.00. The van der Waals surface area contributed by atoms with Gasteiger partial charge in [-0.3, -0.25) is 19.3 Å². The minimum atomic E-state index is -4.64. The average molecular weight is 385 g/mol. The Hall–Kier alpha value is -2.61. The molecular formula is C17H12ClF3N2O3. The minimum Gasteiger partial charge on any atom is -0.314 e. The van der Waals surface area contributed by atoms with Crippen LogP contribution in [0.4, 0.5) is 13.2 Å². The number of aromatic nitrogens is 1. The van der Waals surface area contributed by atoms with Crippen molar-refractivity contribution < 1.29 is 22.8 Å². The molecule has 0 radical (unpaired) electrons. The van der Waals surface area contributed by atoms with Crippen LogP contribution in [-0.4, -0.2) is 27.8 Å². The maximum absolute atomic E-state index is 12.8. The highest BCUT2D eigenvalue weighted by molar-refractivity contribution is 6.30. The fourth-order valence-electron chi connectivity index (χ4n) is 2.76. The molecule has 3 rings (SSSR count). The Kier molecular flexibility index (Phi) is 4.62. The predicted octanol–water partition coefficient (Wildman–Crippen LogP) is 3.21. The molecule has 0 bridgehead atoms. The maximum Gasteiger partial charge on any atom is 0.417 e. The van der Waals surface area contributed by atoms with E-state index in [9.17, 15) is 27.6 Å². The normalized spacial score (nSPS) is 14.1. The molecule has 0 unspecified atom stereocenters. The van der Waals surface area contributed by atoms with Gasteiger partial charge < -0.3 is 4.57 Å². The first-order chi connectivity index (χ1) is 12.2. The van der Waals surface area contributed by atoms with Gasteiger partial charge in [0.2, 0.25) is 0 Å². The topological polar surface area (TPSA) is 59.4 Å². The molecule has 0 spiro atoms. The second kappa shape index (κ2) is 6.60. The second-order valence-electron chi connectivity index (χ2n) is 5.73. The van der Waals surface area contributed by atoms with Crippen LogP contribution in [0.1, 0.15) is 32.7 Å². The molecule has 0 saturated carbocycles. The van der Waals surface area contributed by atoms with E-state index in [1.807, 2.05) is 0 Å². The maximum atomic E-state index is 12.8. The summed E-state index contributed by atoms with van der Waals surface area (Å²) in [5.74, 6) is -0.917. The van der Waals surface area contributed by atoms with Gasteiger partial charge in [0.1, 0.15) is 5.02 Å². The number of benzene rings is 1.